The minimum Gasteiger partial charge on any atom is -0.459 e. The average molecular weight is 232 g/mol. The van der Waals surface area contributed by atoms with Gasteiger partial charge >= 0.3 is 5.91 Å². The number of nitrogens with one attached hydrogen (secondary N) is 1. The topological polar surface area (TPSA) is 54.6 Å². The molecule has 0 aliphatic carbocycles. The van der Waals surface area contributed by atoms with Gasteiger partial charge in [0, 0.05) is 0 Å². The predicted molar refractivity (Wildman–Crippen MR) is 60.2 cm³/mol. The lowest BCUT2D eigenvalue weighted by atomic mass is 10.2. The maximum Gasteiger partial charge on any atom is 0.307 e. The molecule has 1 aromatic heterocycles. The van der Waals surface area contributed by atoms with Gasteiger partial charge in [0.1, 0.15) is 5.82 Å². The van der Waals surface area contributed by atoms with Crippen molar-refractivity contribution in [3.63, 3.8) is 0 Å². The Kier molecular flexibility index (Phi) is 3.30. The highest BCUT2D eigenvalue weighted by atomic mass is 19.1. The van der Waals surface area contributed by atoms with Crippen molar-refractivity contribution in [3.8, 4) is 0 Å². The molecule has 0 bridgehead atoms. The van der Waals surface area contributed by atoms with E-state index in [1.54, 1.807) is 18.2 Å². The van der Waals surface area contributed by atoms with E-state index in [0.717, 1.165) is 0 Å². The molecule has 0 aliphatic heterocycles. The Balaban J connectivity index is 1.94. The monoisotopic (exact) mass is 232 g/mol. The van der Waals surface area contributed by atoms with E-state index in [1.807, 2.05) is 0 Å². The molecule has 0 fully saturated rings. The third kappa shape index (κ3) is 3.01. The van der Waals surface area contributed by atoms with Crippen LogP contribution in [-0.2, 0) is 0 Å². The zero-order chi connectivity index (χ0) is 12.1. The molecule has 0 spiro atoms. The number of carbonyl (C=O) groups is 1. The smallest absolute Gasteiger partial charge is 0.307 e. The molecule has 0 saturated carbocycles. The molecule has 1 amide bonds. The second-order valence-electron chi connectivity index (χ2n) is 3.23. The second kappa shape index (κ2) is 5.07. The summed E-state index contributed by atoms with van der Waals surface area (Å²) in [5.74, 6) is -0.573. The van der Waals surface area contributed by atoms with E-state index >= 15 is 0 Å². The number of hydrogen-bond acceptors (Lipinski definition) is 3. The van der Waals surface area contributed by atoms with Gasteiger partial charge in [-0.25, -0.2) is 9.82 Å². The number of hydrazone groups is 1. The summed E-state index contributed by atoms with van der Waals surface area (Å²) in [7, 11) is 0. The number of furan rings is 1. The summed E-state index contributed by atoms with van der Waals surface area (Å²) in [5, 5.41) is 3.72. The lowest BCUT2D eigenvalue weighted by Crippen LogP contribution is -2.16. The maximum absolute atomic E-state index is 12.6. The van der Waals surface area contributed by atoms with Crippen LogP contribution >= 0.6 is 0 Å². The van der Waals surface area contributed by atoms with Crippen molar-refractivity contribution in [1.82, 2.24) is 5.43 Å². The van der Waals surface area contributed by atoms with Crippen LogP contribution in [-0.4, -0.2) is 12.1 Å². The molecular weight excluding hydrogens is 223 g/mol. The van der Waals surface area contributed by atoms with Gasteiger partial charge in [-0.2, -0.15) is 5.10 Å². The van der Waals surface area contributed by atoms with Gasteiger partial charge in [0.15, 0.2) is 5.76 Å². The highest BCUT2D eigenvalue weighted by Crippen LogP contribution is 2.00. The SMILES string of the molecule is O=C(N/N=C\c1ccc(F)cc1)c1ccco1. The van der Waals surface area contributed by atoms with Crippen LogP contribution in [0.15, 0.2) is 52.2 Å². The molecule has 17 heavy (non-hydrogen) atoms. The average Bonchev–Trinajstić information content (AvgIpc) is 2.85. The van der Waals surface area contributed by atoms with Gasteiger partial charge in [-0.05, 0) is 29.8 Å². The van der Waals surface area contributed by atoms with E-state index in [4.69, 9.17) is 4.42 Å². The first kappa shape index (κ1) is 11.1. The minimum atomic E-state index is -0.437. The predicted octanol–water partition coefficient (Wildman–Crippen LogP) is 2.18. The Hall–Kier alpha value is -2.43. The van der Waals surface area contributed by atoms with Crippen molar-refractivity contribution in [1.29, 1.82) is 0 Å². The number of nitrogens with zero attached hydrogens (tertiary/aromatic N) is 1. The summed E-state index contributed by atoms with van der Waals surface area (Å²) in [4.78, 5) is 11.4. The van der Waals surface area contributed by atoms with Crippen LogP contribution in [0, 0.1) is 5.82 Å². The molecule has 0 aliphatic rings. The van der Waals surface area contributed by atoms with Gasteiger partial charge in [0.05, 0.1) is 12.5 Å². The van der Waals surface area contributed by atoms with E-state index in [2.05, 4.69) is 10.5 Å². The van der Waals surface area contributed by atoms with Gasteiger partial charge in [0.25, 0.3) is 0 Å². The fourth-order valence-corrected chi connectivity index (χ4v) is 1.18. The summed E-state index contributed by atoms with van der Waals surface area (Å²) in [6, 6.07) is 8.88. The molecule has 1 heterocycles. The van der Waals surface area contributed by atoms with Crippen molar-refractivity contribution in [2.24, 2.45) is 5.10 Å². The fourth-order valence-electron chi connectivity index (χ4n) is 1.18. The third-order valence-corrected chi connectivity index (χ3v) is 1.99. The van der Waals surface area contributed by atoms with E-state index < -0.39 is 5.91 Å². The number of amides is 1. The van der Waals surface area contributed by atoms with Crippen LogP contribution in [0.2, 0.25) is 0 Å². The van der Waals surface area contributed by atoms with Crippen molar-refractivity contribution in [3.05, 3.63) is 59.8 Å². The Labute approximate surface area is 96.8 Å². The van der Waals surface area contributed by atoms with Gasteiger partial charge < -0.3 is 4.42 Å². The summed E-state index contributed by atoms with van der Waals surface area (Å²) >= 11 is 0. The summed E-state index contributed by atoms with van der Waals surface area (Å²) in [5.41, 5.74) is 2.98. The number of carbonyl (C=O) groups excluding carboxylic acids is 1. The van der Waals surface area contributed by atoms with E-state index in [1.165, 1.54) is 30.7 Å². The first-order valence-corrected chi connectivity index (χ1v) is 4.88. The van der Waals surface area contributed by atoms with Crippen LogP contribution in [0.1, 0.15) is 16.1 Å². The maximum atomic E-state index is 12.6. The molecule has 86 valence electrons. The van der Waals surface area contributed by atoms with Crippen LogP contribution in [0.3, 0.4) is 0 Å². The van der Waals surface area contributed by atoms with Gasteiger partial charge in [-0.15, -0.1) is 0 Å². The molecular formula is C12H9FN2O2. The first-order chi connectivity index (χ1) is 8.25. The Bertz CT molecular complexity index is 518. The van der Waals surface area contributed by atoms with Crippen LogP contribution in [0.4, 0.5) is 4.39 Å². The highest BCUT2D eigenvalue weighted by molar-refractivity contribution is 5.92. The number of halogens is 1. The zero-order valence-corrected chi connectivity index (χ0v) is 8.76. The molecule has 0 unspecified atom stereocenters. The Morgan fingerprint density at radius 2 is 2.06 bits per heavy atom. The van der Waals surface area contributed by atoms with E-state index in [9.17, 15) is 9.18 Å². The standard InChI is InChI=1S/C12H9FN2O2/c13-10-5-3-9(4-6-10)8-14-15-12(16)11-2-1-7-17-11/h1-8H,(H,15,16)/b14-8-. The molecule has 0 saturated heterocycles. The quantitative estimate of drug-likeness (QED) is 0.651. The first-order valence-electron chi connectivity index (χ1n) is 4.88. The third-order valence-electron chi connectivity index (χ3n) is 1.99. The minimum absolute atomic E-state index is 0.182. The summed E-state index contributed by atoms with van der Waals surface area (Å²) in [6.07, 6.45) is 2.82. The fraction of sp³-hybridized carbons (Fsp3) is 0. The molecule has 5 heteroatoms. The Morgan fingerprint density at radius 3 is 2.71 bits per heavy atom. The molecule has 2 aromatic rings. The second-order valence-corrected chi connectivity index (χ2v) is 3.23. The normalized spacial score (nSPS) is 10.6. The molecule has 0 atom stereocenters. The van der Waals surface area contributed by atoms with Crippen LogP contribution in [0.5, 0.6) is 0 Å². The van der Waals surface area contributed by atoms with Gasteiger partial charge in [-0.3, -0.25) is 4.79 Å². The lowest BCUT2D eigenvalue weighted by Gasteiger charge is -1.95. The molecule has 0 radical (unpaired) electrons. The van der Waals surface area contributed by atoms with Gasteiger partial charge in [-0.1, -0.05) is 12.1 Å². The molecule has 2 rings (SSSR count). The van der Waals surface area contributed by atoms with Crippen molar-refractivity contribution >= 4 is 12.1 Å². The van der Waals surface area contributed by atoms with E-state index in [0.29, 0.717) is 5.56 Å². The number of hydrogen-bond donors (Lipinski definition) is 1. The summed E-state index contributed by atoms with van der Waals surface area (Å²) < 4.78 is 17.5. The van der Waals surface area contributed by atoms with Crippen LogP contribution in [0.25, 0.3) is 0 Å². The Morgan fingerprint density at radius 1 is 1.29 bits per heavy atom. The van der Waals surface area contributed by atoms with Gasteiger partial charge in [0.2, 0.25) is 0 Å². The molecule has 1 aromatic carbocycles. The summed E-state index contributed by atoms with van der Waals surface area (Å²) in [6.45, 7) is 0. The highest BCUT2D eigenvalue weighted by Gasteiger charge is 2.05. The van der Waals surface area contributed by atoms with Crippen molar-refractivity contribution in [2.75, 3.05) is 0 Å². The largest absolute Gasteiger partial charge is 0.459 e. The van der Waals surface area contributed by atoms with Crippen LogP contribution < -0.4 is 5.43 Å². The lowest BCUT2D eigenvalue weighted by molar-refractivity contribution is 0.0927. The van der Waals surface area contributed by atoms with Crippen molar-refractivity contribution in [2.45, 2.75) is 0 Å². The molecule has 1 N–H and O–H groups in total. The van der Waals surface area contributed by atoms with Crippen molar-refractivity contribution < 1.29 is 13.6 Å². The number of rotatable bonds is 3. The molecule has 4 nitrogen and oxygen atoms in total. The van der Waals surface area contributed by atoms with E-state index in [-0.39, 0.29) is 11.6 Å². The number of benzene rings is 1. The zero-order valence-electron chi connectivity index (χ0n) is 8.76.